The van der Waals surface area contributed by atoms with Gasteiger partial charge < -0.3 is 10.1 Å². The molecular weight excluding hydrogens is 303 g/mol. The number of hydrogen-bond acceptors (Lipinski definition) is 2. The van der Waals surface area contributed by atoms with Crippen LogP contribution in [0.4, 0.5) is 13.2 Å². The molecule has 2 aromatic rings. The van der Waals surface area contributed by atoms with Crippen LogP contribution in [0.15, 0.2) is 54.6 Å². The molecule has 5 heteroatoms. The third kappa shape index (κ3) is 6.32. The van der Waals surface area contributed by atoms with E-state index in [0.717, 1.165) is 24.1 Å². The number of benzene rings is 2. The van der Waals surface area contributed by atoms with Crippen LogP contribution in [0.1, 0.15) is 30.6 Å². The minimum Gasteiger partial charge on any atom is -0.486 e. The first-order valence-corrected chi connectivity index (χ1v) is 7.39. The SMILES string of the molecule is CCC(Oc1ccc(C(F)(F)F)cc1)c1ccccc1.CNC. The van der Waals surface area contributed by atoms with E-state index in [9.17, 15) is 13.2 Å². The zero-order chi connectivity index (χ0) is 17.3. The number of nitrogens with one attached hydrogen (secondary N) is 1. The largest absolute Gasteiger partial charge is 0.486 e. The molecule has 0 heterocycles. The van der Waals surface area contributed by atoms with Crippen LogP contribution in [0.25, 0.3) is 0 Å². The van der Waals surface area contributed by atoms with E-state index in [-0.39, 0.29) is 6.10 Å². The van der Waals surface area contributed by atoms with Crippen LogP contribution < -0.4 is 10.1 Å². The number of halogens is 3. The molecule has 126 valence electrons. The lowest BCUT2D eigenvalue weighted by atomic mass is 10.1. The first-order valence-electron chi connectivity index (χ1n) is 7.39. The topological polar surface area (TPSA) is 21.3 Å². The Balaban J connectivity index is 0.000000816. The second-order valence-corrected chi connectivity index (χ2v) is 4.95. The minimum atomic E-state index is -4.32. The fourth-order valence-corrected chi connectivity index (χ4v) is 1.94. The van der Waals surface area contributed by atoms with Gasteiger partial charge in [0.25, 0.3) is 0 Å². The van der Waals surface area contributed by atoms with Crippen molar-refractivity contribution in [3.05, 3.63) is 65.7 Å². The smallest absolute Gasteiger partial charge is 0.416 e. The quantitative estimate of drug-likeness (QED) is 0.847. The van der Waals surface area contributed by atoms with Crippen molar-refractivity contribution in [2.45, 2.75) is 25.6 Å². The third-order valence-electron chi connectivity index (χ3n) is 3.00. The van der Waals surface area contributed by atoms with Gasteiger partial charge in [-0.15, -0.1) is 0 Å². The van der Waals surface area contributed by atoms with Gasteiger partial charge in [-0.3, -0.25) is 0 Å². The number of ether oxygens (including phenoxy) is 1. The summed E-state index contributed by atoms with van der Waals surface area (Å²) in [7, 11) is 3.75. The predicted octanol–water partition coefficient (Wildman–Crippen LogP) is 5.07. The molecule has 0 aliphatic heterocycles. The Morgan fingerprint density at radius 3 is 1.91 bits per heavy atom. The Hall–Kier alpha value is -2.01. The fraction of sp³-hybridized carbons (Fsp3) is 0.333. The molecule has 0 amide bonds. The maximum Gasteiger partial charge on any atom is 0.416 e. The Labute approximate surface area is 135 Å². The average molecular weight is 325 g/mol. The van der Waals surface area contributed by atoms with Gasteiger partial charge in [0.05, 0.1) is 5.56 Å². The van der Waals surface area contributed by atoms with E-state index in [2.05, 4.69) is 5.32 Å². The number of rotatable bonds is 4. The molecule has 0 saturated heterocycles. The van der Waals surface area contributed by atoms with Crippen molar-refractivity contribution in [3.63, 3.8) is 0 Å². The van der Waals surface area contributed by atoms with Gasteiger partial charge in [0, 0.05) is 0 Å². The molecule has 0 fully saturated rings. The first kappa shape index (κ1) is 19.0. The molecule has 1 atom stereocenters. The summed E-state index contributed by atoms with van der Waals surface area (Å²) < 4.78 is 43.2. The van der Waals surface area contributed by atoms with Crippen molar-refractivity contribution in [2.24, 2.45) is 0 Å². The molecule has 0 saturated carbocycles. The van der Waals surface area contributed by atoms with Gasteiger partial charge >= 0.3 is 6.18 Å². The molecule has 1 unspecified atom stereocenters. The monoisotopic (exact) mass is 325 g/mol. The molecular formula is C18H22F3NO. The van der Waals surface area contributed by atoms with E-state index >= 15 is 0 Å². The summed E-state index contributed by atoms with van der Waals surface area (Å²) in [6, 6.07) is 14.4. The molecule has 0 aliphatic carbocycles. The fourth-order valence-electron chi connectivity index (χ4n) is 1.94. The number of alkyl halides is 3. The molecule has 23 heavy (non-hydrogen) atoms. The van der Waals surface area contributed by atoms with Crippen LogP contribution in [0.5, 0.6) is 5.75 Å². The zero-order valence-electron chi connectivity index (χ0n) is 13.5. The van der Waals surface area contributed by atoms with Crippen molar-refractivity contribution in [1.29, 1.82) is 0 Å². The van der Waals surface area contributed by atoms with Crippen LogP contribution in [0, 0.1) is 0 Å². The average Bonchev–Trinajstić information content (AvgIpc) is 2.54. The molecule has 2 aromatic carbocycles. The lowest BCUT2D eigenvalue weighted by molar-refractivity contribution is -0.137. The van der Waals surface area contributed by atoms with Crippen LogP contribution >= 0.6 is 0 Å². The summed E-state index contributed by atoms with van der Waals surface area (Å²) >= 11 is 0. The van der Waals surface area contributed by atoms with Crippen molar-refractivity contribution in [1.82, 2.24) is 5.32 Å². The molecule has 2 rings (SSSR count). The lowest BCUT2D eigenvalue weighted by Crippen LogP contribution is -2.07. The van der Waals surface area contributed by atoms with Crippen molar-refractivity contribution in [3.8, 4) is 5.75 Å². The lowest BCUT2D eigenvalue weighted by Gasteiger charge is -2.18. The van der Waals surface area contributed by atoms with Gasteiger partial charge in [0.15, 0.2) is 0 Å². The van der Waals surface area contributed by atoms with E-state index in [0.29, 0.717) is 5.75 Å². The Bertz CT molecular complexity index is 553. The highest BCUT2D eigenvalue weighted by Crippen LogP contribution is 2.31. The normalized spacial score (nSPS) is 12.1. The van der Waals surface area contributed by atoms with E-state index in [1.807, 2.05) is 51.4 Å². The number of hydrogen-bond donors (Lipinski definition) is 1. The standard InChI is InChI=1S/C16H15F3O.C2H7N/c1-2-15(12-6-4-3-5-7-12)20-14-10-8-13(9-11-14)16(17,18)19;1-3-2/h3-11,15H,2H2,1H3;3H,1-2H3. The van der Waals surface area contributed by atoms with Gasteiger partial charge in [-0.05, 0) is 50.3 Å². The molecule has 0 aliphatic rings. The van der Waals surface area contributed by atoms with Gasteiger partial charge in [-0.1, -0.05) is 37.3 Å². The highest BCUT2D eigenvalue weighted by molar-refractivity contribution is 5.30. The summed E-state index contributed by atoms with van der Waals surface area (Å²) in [5, 5.41) is 2.75. The maximum absolute atomic E-state index is 12.5. The molecule has 0 spiro atoms. The second kappa shape index (κ2) is 9.20. The summed E-state index contributed by atoms with van der Waals surface area (Å²) in [5.41, 5.74) is 0.340. The predicted molar refractivity (Wildman–Crippen MR) is 86.5 cm³/mol. The van der Waals surface area contributed by atoms with Crippen molar-refractivity contribution < 1.29 is 17.9 Å². The summed E-state index contributed by atoms with van der Waals surface area (Å²) in [6.45, 7) is 1.97. The highest BCUT2D eigenvalue weighted by atomic mass is 19.4. The summed E-state index contributed by atoms with van der Waals surface area (Å²) in [4.78, 5) is 0. The minimum absolute atomic E-state index is 0.159. The Kier molecular flexibility index (Phi) is 7.62. The van der Waals surface area contributed by atoms with E-state index < -0.39 is 11.7 Å². The Morgan fingerprint density at radius 1 is 0.957 bits per heavy atom. The molecule has 2 nitrogen and oxygen atoms in total. The van der Waals surface area contributed by atoms with Crippen LogP contribution in [-0.4, -0.2) is 14.1 Å². The third-order valence-corrected chi connectivity index (χ3v) is 3.00. The van der Waals surface area contributed by atoms with Crippen LogP contribution in [0.3, 0.4) is 0 Å². The van der Waals surface area contributed by atoms with Crippen LogP contribution in [-0.2, 0) is 6.18 Å². The molecule has 1 N–H and O–H groups in total. The van der Waals surface area contributed by atoms with Crippen molar-refractivity contribution in [2.75, 3.05) is 14.1 Å². The molecule has 0 bridgehead atoms. The summed E-state index contributed by atoms with van der Waals surface area (Å²) in [6.07, 6.45) is -3.74. The van der Waals surface area contributed by atoms with Gasteiger partial charge in [0.2, 0.25) is 0 Å². The van der Waals surface area contributed by atoms with Gasteiger partial charge in [0.1, 0.15) is 11.9 Å². The zero-order valence-corrected chi connectivity index (χ0v) is 13.5. The first-order chi connectivity index (χ1) is 10.9. The van der Waals surface area contributed by atoms with Gasteiger partial charge in [-0.2, -0.15) is 13.2 Å². The van der Waals surface area contributed by atoms with Crippen molar-refractivity contribution >= 4 is 0 Å². The maximum atomic E-state index is 12.5. The van der Waals surface area contributed by atoms with E-state index in [1.165, 1.54) is 12.1 Å². The summed E-state index contributed by atoms with van der Waals surface area (Å²) in [5.74, 6) is 0.439. The second-order valence-electron chi connectivity index (χ2n) is 4.95. The molecule has 0 radical (unpaired) electrons. The van der Waals surface area contributed by atoms with E-state index in [1.54, 1.807) is 0 Å². The van der Waals surface area contributed by atoms with E-state index in [4.69, 9.17) is 4.74 Å². The highest BCUT2D eigenvalue weighted by Gasteiger charge is 2.30. The van der Waals surface area contributed by atoms with Gasteiger partial charge in [-0.25, -0.2) is 0 Å². The van der Waals surface area contributed by atoms with Crippen LogP contribution in [0.2, 0.25) is 0 Å². The Morgan fingerprint density at radius 2 is 1.48 bits per heavy atom. The molecule has 0 aromatic heterocycles.